The molecule has 0 amide bonds. The van der Waals surface area contributed by atoms with Crippen LogP contribution in [0.4, 0.5) is 34.1 Å². The van der Waals surface area contributed by atoms with Gasteiger partial charge in [-0.1, -0.05) is 158 Å². The molecule has 0 fully saturated rings. The lowest BCUT2D eigenvalue weighted by Gasteiger charge is -2.26. The molecule has 0 atom stereocenters. The number of hydrogen-bond donors (Lipinski definition) is 0. The molecule has 0 aliphatic heterocycles. The quantitative estimate of drug-likeness (QED) is 0.0964. The van der Waals surface area contributed by atoms with Crippen molar-refractivity contribution in [2.24, 2.45) is 0 Å². The van der Waals surface area contributed by atoms with Gasteiger partial charge in [0.25, 0.3) is 0 Å². The Hall–Kier alpha value is -8.08. The second kappa shape index (κ2) is 20.3. The van der Waals surface area contributed by atoms with E-state index in [0.29, 0.717) is 0 Å². The molecule has 0 aromatic heterocycles. The lowest BCUT2D eigenvalue weighted by Crippen LogP contribution is -2.10. The number of hydrogen-bond acceptors (Lipinski definition) is 4. The van der Waals surface area contributed by atoms with Crippen molar-refractivity contribution in [1.29, 1.82) is 0 Å². The molecule has 0 aliphatic carbocycles. The van der Waals surface area contributed by atoms with Gasteiger partial charge in [-0.15, -0.1) is 0 Å². The second-order valence-corrected chi connectivity index (χ2v) is 14.6. The van der Waals surface area contributed by atoms with E-state index >= 15 is 0 Å². The summed E-state index contributed by atoms with van der Waals surface area (Å²) in [6, 6.07) is 72.1. The summed E-state index contributed by atoms with van der Waals surface area (Å²) in [5.74, 6) is 1.71. The maximum Gasteiger partial charge on any atom is 0.118 e. The van der Waals surface area contributed by atoms with Crippen molar-refractivity contribution in [1.82, 2.24) is 0 Å². The van der Waals surface area contributed by atoms with Crippen molar-refractivity contribution < 1.29 is 9.47 Å². The summed E-state index contributed by atoms with van der Waals surface area (Å²) in [5, 5.41) is 0. The molecule has 4 nitrogen and oxygen atoms in total. The van der Waals surface area contributed by atoms with E-state index in [4.69, 9.17) is 9.47 Å². The zero-order valence-corrected chi connectivity index (χ0v) is 35.0. The molecule has 0 saturated carbocycles. The summed E-state index contributed by atoms with van der Waals surface area (Å²) in [6.45, 7) is 0. The van der Waals surface area contributed by atoms with Crippen LogP contribution in [0.15, 0.2) is 231 Å². The molecular formula is C58H48N2O2. The maximum atomic E-state index is 5.27. The first kappa shape index (κ1) is 40.7. The molecule has 4 heteroatoms. The fourth-order valence-electron chi connectivity index (χ4n) is 7.22. The predicted octanol–water partition coefficient (Wildman–Crippen LogP) is 15.8. The van der Waals surface area contributed by atoms with E-state index in [2.05, 4.69) is 216 Å². The third-order valence-electron chi connectivity index (χ3n) is 10.5. The topological polar surface area (TPSA) is 24.9 Å². The molecule has 8 aromatic rings. The second-order valence-electron chi connectivity index (χ2n) is 14.6. The summed E-state index contributed by atoms with van der Waals surface area (Å²) >= 11 is 0. The van der Waals surface area contributed by atoms with Crippen LogP contribution in [0.1, 0.15) is 22.3 Å². The first-order chi connectivity index (χ1) is 30.6. The van der Waals surface area contributed by atoms with Crippen molar-refractivity contribution in [2.75, 3.05) is 24.0 Å². The van der Waals surface area contributed by atoms with E-state index in [1.54, 1.807) is 14.2 Å². The number of para-hydroxylation sites is 2. The largest absolute Gasteiger partial charge is 0.497 e. The summed E-state index contributed by atoms with van der Waals surface area (Å²) in [6.07, 6.45) is 16.7. The average molecular weight is 805 g/mol. The SMILES string of the molecule is COc1ccc(C=CC=Cc2ccc(N(c3ccccc3)c3ccc(-c4ccc(N(c5ccccc5)c5ccc(C=CC=Cc6ccc(OC)cc6)cc5)cc4)cc3)cc2)cc1. The first-order valence-corrected chi connectivity index (χ1v) is 20.7. The number of anilines is 6. The van der Waals surface area contributed by atoms with Crippen LogP contribution in [0.3, 0.4) is 0 Å². The highest BCUT2D eigenvalue weighted by Gasteiger charge is 2.14. The Morgan fingerprint density at radius 3 is 0.790 bits per heavy atom. The molecule has 0 saturated heterocycles. The van der Waals surface area contributed by atoms with Gasteiger partial charge in [0.15, 0.2) is 0 Å². The third-order valence-corrected chi connectivity index (χ3v) is 10.5. The molecule has 8 aromatic carbocycles. The molecule has 0 spiro atoms. The fourth-order valence-corrected chi connectivity index (χ4v) is 7.22. The molecule has 302 valence electrons. The lowest BCUT2D eigenvalue weighted by atomic mass is 10.0. The molecule has 0 N–H and O–H groups in total. The van der Waals surface area contributed by atoms with Crippen LogP contribution < -0.4 is 19.3 Å². The van der Waals surface area contributed by atoms with Gasteiger partial charge >= 0.3 is 0 Å². The zero-order valence-electron chi connectivity index (χ0n) is 35.0. The molecule has 62 heavy (non-hydrogen) atoms. The van der Waals surface area contributed by atoms with Gasteiger partial charge in [0.1, 0.15) is 11.5 Å². The van der Waals surface area contributed by atoms with Crippen LogP contribution >= 0.6 is 0 Å². The smallest absolute Gasteiger partial charge is 0.118 e. The van der Waals surface area contributed by atoms with Gasteiger partial charge in [-0.25, -0.2) is 0 Å². The lowest BCUT2D eigenvalue weighted by molar-refractivity contribution is 0.414. The van der Waals surface area contributed by atoms with E-state index in [-0.39, 0.29) is 0 Å². The minimum Gasteiger partial charge on any atom is -0.497 e. The minimum atomic E-state index is 0.856. The minimum absolute atomic E-state index is 0.856. The molecule has 0 radical (unpaired) electrons. The Labute approximate surface area is 365 Å². The van der Waals surface area contributed by atoms with Gasteiger partial charge in [-0.2, -0.15) is 0 Å². The zero-order chi connectivity index (χ0) is 42.4. The number of methoxy groups -OCH3 is 2. The van der Waals surface area contributed by atoms with Crippen molar-refractivity contribution in [2.45, 2.75) is 0 Å². The van der Waals surface area contributed by atoms with Gasteiger partial charge in [0.2, 0.25) is 0 Å². The van der Waals surface area contributed by atoms with Crippen molar-refractivity contribution in [3.63, 3.8) is 0 Å². The van der Waals surface area contributed by atoms with Gasteiger partial charge in [-0.3, -0.25) is 0 Å². The van der Waals surface area contributed by atoms with Crippen LogP contribution in [-0.4, -0.2) is 14.2 Å². The molecular weight excluding hydrogens is 757 g/mol. The number of benzene rings is 8. The van der Waals surface area contributed by atoms with E-state index in [1.165, 1.54) is 0 Å². The van der Waals surface area contributed by atoms with Crippen molar-refractivity contribution >= 4 is 58.4 Å². The highest BCUT2D eigenvalue weighted by Crippen LogP contribution is 2.38. The van der Waals surface area contributed by atoms with Crippen LogP contribution in [0.25, 0.3) is 35.4 Å². The Morgan fingerprint density at radius 2 is 0.516 bits per heavy atom. The number of allylic oxidation sites excluding steroid dienone is 4. The van der Waals surface area contributed by atoms with E-state index in [1.807, 2.05) is 48.5 Å². The van der Waals surface area contributed by atoms with E-state index in [0.717, 1.165) is 79.0 Å². The van der Waals surface area contributed by atoms with Gasteiger partial charge in [-0.05, 0) is 130 Å². The van der Waals surface area contributed by atoms with Crippen LogP contribution in [0.2, 0.25) is 0 Å². The summed E-state index contributed by atoms with van der Waals surface area (Å²) < 4.78 is 10.5. The highest BCUT2D eigenvalue weighted by molar-refractivity contribution is 5.81. The van der Waals surface area contributed by atoms with Gasteiger partial charge in [0, 0.05) is 34.1 Å². The normalized spacial score (nSPS) is 11.5. The number of rotatable bonds is 15. The van der Waals surface area contributed by atoms with Gasteiger partial charge in [0.05, 0.1) is 14.2 Å². The summed E-state index contributed by atoms with van der Waals surface area (Å²) in [5.41, 5.74) is 13.4. The molecule has 0 aliphatic rings. The highest BCUT2D eigenvalue weighted by atomic mass is 16.5. The predicted molar refractivity (Wildman–Crippen MR) is 263 cm³/mol. The monoisotopic (exact) mass is 804 g/mol. The molecule has 0 unspecified atom stereocenters. The Kier molecular flexibility index (Phi) is 13.3. The van der Waals surface area contributed by atoms with Crippen molar-refractivity contribution in [3.05, 3.63) is 253 Å². The van der Waals surface area contributed by atoms with Crippen molar-refractivity contribution in [3.8, 4) is 22.6 Å². The summed E-state index contributed by atoms with van der Waals surface area (Å²) in [7, 11) is 3.36. The van der Waals surface area contributed by atoms with E-state index in [9.17, 15) is 0 Å². The summed E-state index contributed by atoms with van der Waals surface area (Å²) in [4.78, 5) is 4.59. The average Bonchev–Trinajstić information content (AvgIpc) is 3.34. The van der Waals surface area contributed by atoms with Crippen LogP contribution in [-0.2, 0) is 0 Å². The first-order valence-electron chi connectivity index (χ1n) is 20.7. The standard InChI is InChI=1S/C58H48N2O2/c1-61-57-41-25-47(26-42-57)15-11-9-13-45-21-33-53(34-22-45)59(51-17-5-3-6-18-51)55-37-29-49(30-38-55)50-31-39-56(40-32-50)60(52-19-7-4-8-20-52)54-35-23-46(24-36-54)14-10-12-16-48-27-43-58(62-2)44-28-48/h3-44H,1-2H3. The molecule has 8 rings (SSSR count). The Bertz CT molecular complexity index is 2540. The fraction of sp³-hybridized carbons (Fsp3) is 0.0345. The number of nitrogens with zero attached hydrogens (tertiary/aromatic N) is 2. The third kappa shape index (κ3) is 10.4. The maximum absolute atomic E-state index is 5.27. The Morgan fingerprint density at radius 1 is 0.274 bits per heavy atom. The van der Waals surface area contributed by atoms with Crippen LogP contribution in [0, 0.1) is 0 Å². The van der Waals surface area contributed by atoms with E-state index < -0.39 is 0 Å². The Balaban J connectivity index is 0.972. The van der Waals surface area contributed by atoms with Crippen LogP contribution in [0.5, 0.6) is 11.5 Å². The number of ether oxygens (including phenoxy) is 2. The molecule has 0 heterocycles. The molecule has 0 bridgehead atoms. The van der Waals surface area contributed by atoms with Gasteiger partial charge < -0.3 is 19.3 Å².